The van der Waals surface area contributed by atoms with Crippen molar-refractivity contribution in [2.24, 2.45) is 5.92 Å². The number of anilines is 1. The fraction of sp³-hybridized carbons (Fsp3) is 0.455. The van der Waals surface area contributed by atoms with Gasteiger partial charge in [-0.25, -0.2) is 0 Å². The topological polar surface area (TPSA) is 32.3 Å². The molecule has 1 aromatic rings. The van der Waals surface area contributed by atoms with Gasteiger partial charge in [-0.2, -0.15) is 0 Å². The molecule has 0 aliphatic heterocycles. The van der Waals surface area contributed by atoms with Gasteiger partial charge in [0.15, 0.2) is 0 Å². The number of rotatable bonds is 4. The van der Waals surface area contributed by atoms with E-state index >= 15 is 0 Å². The largest absolute Gasteiger partial charge is 0.396 e. The second kappa shape index (κ2) is 5.23. The van der Waals surface area contributed by atoms with Gasteiger partial charge in [-0.1, -0.05) is 18.5 Å². The molecule has 0 bridgehead atoms. The summed E-state index contributed by atoms with van der Waals surface area (Å²) >= 11 is 5.77. The van der Waals surface area contributed by atoms with Crippen LogP contribution in [0.1, 0.15) is 13.8 Å². The minimum atomic E-state index is 0.196. The molecular weight excluding hydrogens is 198 g/mol. The van der Waals surface area contributed by atoms with Gasteiger partial charge in [-0.3, -0.25) is 0 Å². The van der Waals surface area contributed by atoms with E-state index in [0.717, 1.165) is 10.7 Å². The molecule has 0 fully saturated rings. The molecule has 0 heterocycles. The van der Waals surface area contributed by atoms with Crippen molar-refractivity contribution in [1.29, 1.82) is 0 Å². The Balaban J connectivity index is 2.56. The van der Waals surface area contributed by atoms with Crippen molar-refractivity contribution in [3.05, 3.63) is 29.3 Å². The van der Waals surface area contributed by atoms with Crippen molar-refractivity contribution >= 4 is 17.3 Å². The van der Waals surface area contributed by atoms with E-state index in [1.165, 1.54) is 0 Å². The van der Waals surface area contributed by atoms with Crippen molar-refractivity contribution in [1.82, 2.24) is 0 Å². The van der Waals surface area contributed by atoms with E-state index in [4.69, 9.17) is 16.7 Å². The van der Waals surface area contributed by atoms with E-state index in [1.807, 2.05) is 31.2 Å². The minimum absolute atomic E-state index is 0.196. The van der Waals surface area contributed by atoms with Gasteiger partial charge in [0.1, 0.15) is 0 Å². The predicted molar refractivity (Wildman–Crippen MR) is 60.8 cm³/mol. The highest BCUT2D eigenvalue weighted by Crippen LogP contribution is 2.16. The summed E-state index contributed by atoms with van der Waals surface area (Å²) in [7, 11) is 0. The van der Waals surface area contributed by atoms with E-state index in [9.17, 15) is 0 Å². The number of hydrogen-bond donors (Lipinski definition) is 2. The van der Waals surface area contributed by atoms with E-state index in [-0.39, 0.29) is 18.6 Å². The minimum Gasteiger partial charge on any atom is -0.396 e. The summed E-state index contributed by atoms with van der Waals surface area (Å²) in [5.41, 5.74) is 1.03. The summed E-state index contributed by atoms with van der Waals surface area (Å²) in [6.07, 6.45) is 0. The molecule has 78 valence electrons. The first-order valence-electron chi connectivity index (χ1n) is 4.76. The monoisotopic (exact) mass is 213 g/mol. The van der Waals surface area contributed by atoms with Crippen LogP contribution in [-0.2, 0) is 0 Å². The maximum absolute atomic E-state index is 8.97. The lowest BCUT2D eigenvalue weighted by molar-refractivity contribution is 0.226. The smallest absolute Gasteiger partial charge is 0.0476 e. The van der Waals surface area contributed by atoms with Crippen molar-refractivity contribution < 1.29 is 5.11 Å². The van der Waals surface area contributed by atoms with E-state index in [1.54, 1.807) is 0 Å². The molecule has 2 nitrogen and oxygen atoms in total. The van der Waals surface area contributed by atoms with Crippen molar-refractivity contribution in [3.8, 4) is 0 Å². The highest BCUT2D eigenvalue weighted by Gasteiger charge is 2.09. The van der Waals surface area contributed by atoms with E-state index in [2.05, 4.69) is 12.2 Å². The number of aliphatic hydroxyl groups excluding tert-OH is 1. The molecule has 0 saturated carbocycles. The zero-order valence-electron chi connectivity index (χ0n) is 8.50. The van der Waals surface area contributed by atoms with Crippen LogP contribution in [-0.4, -0.2) is 17.8 Å². The van der Waals surface area contributed by atoms with Gasteiger partial charge in [-0.15, -0.1) is 0 Å². The predicted octanol–water partition coefficient (Wildman–Crippen LogP) is 2.77. The number of benzene rings is 1. The molecule has 1 rings (SSSR count). The van der Waals surface area contributed by atoms with Crippen LogP contribution >= 0.6 is 11.6 Å². The lowest BCUT2D eigenvalue weighted by Gasteiger charge is -2.20. The normalized spacial score (nSPS) is 14.9. The molecule has 3 heteroatoms. The third kappa shape index (κ3) is 3.20. The van der Waals surface area contributed by atoms with Crippen LogP contribution in [0.2, 0.25) is 5.02 Å². The Kier molecular flexibility index (Phi) is 4.23. The van der Waals surface area contributed by atoms with Gasteiger partial charge < -0.3 is 10.4 Å². The van der Waals surface area contributed by atoms with Crippen LogP contribution < -0.4 is 5.32 Å². The Morgan fingerprint density at radius 1 is 1.29 bits per heavy atom. The van der Waals surface area contributed by atoms with Gasteiger partial charge in [0, 0.05) is 23.4 Å². The van der Waals surface area contributed by atoms with E-state index < -0.39 is 0 Å². The summed E-state index contributed by atoms with van der Waals surface area (Å²) in [5.74, 6) is 0.241. The Morgan fingerprint density at radius 3 is 2.36 bits per heavy atom. The number of nitrogens with one attached hydrogen (secondary N) is 1. The van der Waals surface area contributed by atoms with Crippen LogP contribution in [0.25, 0.3) is 0 Å². The second-order valence-corrected chi connectivity index (χ2v) is 4.04. The maximum Gasteiger partial charge on any atom is 0.0476 e. The quantitative estimate of drug-likeness (QED) is 0.806. The Bertz CT molecular complexity index is 273. The molecule has 0 saturated heterocycles. The average Bonchev–Trinajstić information content (AvgIpc) is 2.20. The van der Waals surface area contributed by atoms with Gasteiger partial charge in [-0.05, 0) is 37.1 Å². The molecule has 14 heavy (non-hydrogen) atoms. The third-order valence-electron chi connectivity index (χ3n) is 2.38. The first-order valence-corrected chi connectivity index (χ1v) is 5.14. The Labute approximate surface area is 89.9 Å². The molecule has 0 amide bonds. The molecule has 0 aliphatic rings. The Morgan fingerprint density at radius 2 is 1.86 bits per heavy atom. The first kappa shape index (κ1) is 11.3. The lowest BCUT2D eigenvalue weighted by atomic mass is 10.1. The summed E-state index contributed by atoms with van der Waals surface area (Å²) in [6.45, 7) is 4.25. The fourth-order valence-electron chi connectivity index (χ4n) is 1.11. The van der Waals surface area contributed by atoms with Gasteiger partial charge in [0.05, 0.1) is 0 Å². The lowest BCUT2D eigenvalue weighted by Crippen LogP contribution is -2.26. The molecule has 0 aliphatic carbocycles. The van der Waals surface area contributed by atoms with Crippen LogP contribution in [0.4, 0.5) is 5.69 Å². The number of hydrogen-bond acceptors (Lipinski definition) is 2. The molecule has 0 spiro atoms. The summed E-state index contributed by atoms with van der Waals surface area (Å²) in [6, 6.07) is 7.81. The van der Waals surface area contributed by atoms with Gasteiger partial charge >= 0.3 is 0 Å². The third-order valence-corrected chi connectivity index (χ3v) is 2.63. The SMILES string of the molecule is CC(CO)C(C)Nc1ccc(Cl)cc1. The first-order chi connectivity index (χ1) is 6.63. The zero-order chi connectivity index (χ0) is 10.6. The second-order valence-electron chi connectivity index (χ2n) is 3.60. The number of aliphatic hydroxyl groups is 1. The zero-order valence-corrected chi connectivity index (χ0v) is 9.25. The molecule has 0 radical (unpaired) electrons. The van der Waals surface area contributed by atoms with Crippen LogP contribution in [0.15, 0.2) is 24.3 Å². The van der Waals surface area contributed by atoms with Gasteiger partial charge in [0.2, 0.25) is 0 Å². The summed E-state index contributed by atoms with van der Waals surface area (Å²) < 4.78 is 0. The highest BCUT2D eigenvalue weighted by molar-refractivity contribution is 6.30. The van der Waals surface area contributed by atoms with Crippen molar-refractivity contribution in [2.75, 3.05) is 11.9 Å². The molecule has 2 unspecified atom stereocenters. The summed E-state index contributed by atoms with van der Waals surface area (Å²) in [5, 5.41) is 13.0. The average molecular weight is 214 g/mol. The van der Waals surface area contributed by atoms with Crippen molar-refractivity contribution in [2.45, 2.75) is 19.9 Å². The maximum atomic E-state index is 8.97. The number of halogens is 1. The van der Waals surface area contributed by atoms with Crippen molar-refractivity contribution in [3.63, 3.8) is 0 Å². The molecule has 1 aromatic carbocycles. The van der Waals surface area contributed by atoms with Gasteiger partial charge in [0.25, 0.3) is 0 Å². The highest BCUT2D eigenvalue weighted by atomic mass is 35.5. The molecule has 0 aromatic heterocycles. The standard InChI is InChI=1S/C11H16ClNO/c1-8(7-14)9(2)13-11-5-3-10(12)4-6-11/h3-6,8-9,13-14H,7H2,1-2H3. The molecular formula is C11H16ClNO. The summed E-state index contributed by atoms with van der Waals surface area (Å²) in [4.78, 5) is 0. The molecule has 2 N–H and O–H groups in total. The van der Waals surface area contributed by atoms with Crippen LogP contribution in [0.3, 0.4) is 0 Å². The molecule has 2 atom stereocenters. The van der Waals surface area contributed by atoms with E-state index in [0.29, 0.717) is 0 Å². The van der Waals surface area contributed by atoms with Crippen LogP contribution in [0, 0.1) is 5.92 Å². The van der Waals surface area contributed by atoms with Crippen LogP contribution in [0.5, 0.6) is 0 Å². The Hall–Kier alpha value is -0.730. The fourth-order valence-corrected chi connectivity index (χ4v) is 1.24.